The van der Waals surface area contributed by atoms with Gasteiger partial charge in [0.25, 0.3) is 0 Å². The lowest BCUT2D eigenvalue weighted by molar-refractivity contribution is -0.120. The second-order valence-corrected chi connectivity index (χ2v) is 7.02. The van der Waals surface area contributed by atoms with Gasteiger partial charge in [-0.05, 0) is 54.9 Å². The van der Waals surface area contributed by atoms with Gasteiger partial charge in [-0.2, -0.15) is 0 Å². The highest BCUT2D eigenvalue weighted by Crippen LogP contribution is 2.28. The Hall–Kier alpha value is -2.77. The molecule has 0 unspecified atom stereocenters. The van der Waals surface area contributed by atoms with E-state index < -0.39 is 0 Å². The number of carbonyl (C=O) groups excluding carboxylic acids is 1. The first-order chi connectivity index (χ1) is 12.4. The fraction of sp³-hybridized carbons (Fsp3) is 0.250. The van der Waals surface area contributed by atoms with Gasteiger partial charge in [-0.1, -0.05) is 32.0 Å². The van der Waals surface area contributed by atoms with Crippen molar-refractivity contribution in [1.29, 1.82) is 0 Å². The molecule has 0 saturated heterocycles. The molecule has 0 radical (unpaired) electrons. The van der Waals surface area contributed by atoms with Gasteiger partial charge in [-0.3, -0.25) is 4.79 Å². The summed E-state index contributed by atoms with van der Waals surface area (Å²) in [6, 6.07) is 13.5. The van der Waals surface area contributed by atoms with E-state index in [2.05, 4.69) is 15.6 Å². The molecule has 1 amide bonds. The first-order valence-electron chi connectivity index (χ1n) is 8.50. The van der Waals surface area contributed by atoms with E-state index in [4.69, 9.17) is 16.6 Å². The predicted molar refractivity (Wildman–Crippen MR) is 112 cm³/mol. The van der Waals surface area contributed by atoms with Crippen LogP contribution in [0.4, 0.5) is 5.69 Å². The van der Waals surface area contributed by atoms with Gasteiger partial charge in [0.15, 0.2) is 10.7 Å². The number of aryl methyl sites for hydroxylation is 1. The number of thiocarbonyl (C=S) groups is 1. The zero-order valence-corrected chi connectivity index (χ0v) is 16.3. The molecule has 0 aliphatic heterocycles. The van der Waals surface area contributed by atoms with Crippen molar-refractivity contribution in [2.75, 3.05) is 5.32 Å². The maximum absolute atomic E-state index is 11.8. The summed E-state index contributed by atoms with van der Waals surface area (Å²) < 4.78 is 5.86. The Balaban J connectivity index is 0.00000261. The smallest absolute Gasteiger partial charge is 0.227 e. The normalized spacial score (nSPS) is 10.5. The van der Waals surface area contributed by atoms with Crippen LogP contribution in [0.2, 0.25) is 0 Å². The Morgan fingerprint density at radius 3 is 2.67 bits per heavy atom. The fourth-order valence-electron chi connectivity index (χ4n) is 2.64. The predicted octanol–water partition coefficient (Wildman–Crippen LogP) is 3.84. The van der Waals surface area contributed by atoms with Crippen LogP contribution in [-0.4, -0.2) is 21.5 Å². The Labute approximate surface area is 163 Å². The molecule has 27 heavy (non-hydrogen) atoms. The molecule has 0 aliphatic rings. The summed E-state index contributed by atoms with van der Waals surface area (Å²) in [5.41, 5.74) is 4.24. The number of amides is 1. The van der Waals surface area contributed by atoms with Gasteiger partial charge in [0.05, 0.1) is 0 Å². The molecule has 142 valence electrons. The Morgan fingerprint density at radius 2 is 1.96 bits per heavy atom. The fourth-order valence-corrected chi connectivity index (χ4v) is 2.88. The molecule has 1 heterocycles. The van der Waals surface area contributed by atoms with Gasteiger partial charge in [0, 0.05) is 17.7 Å². The molecule has 7 heteroatoms. The standard InChI is InChI=1S/C20H21N3O2S.H2O/c1-12(2)10-18(24)23-20(26)21-14-8-9-17-16(11-14)22-19(25-17)15-7-5-4-6-13(15)3;/h4-9,11-12H,10H2,1-3H3,(H2,21,23,24,26);1H2. The highest BCUT2D eigenvalue weighted by molar-refractivity contribution is 7.80. The first kappa shape index (κ1) is 20.5. The van der Waals surface area contributed by atoms with Crippen molar-refractivity contribution in [3.05, 3.63) is 48.0 Å². The Bertz CT molecular complexity index is 966. The van der Waals surface area contributed by atoms with E-state index >= 15 is 0 Å². The number of carbonyl (C=O) groups is 1. The molecule has 4 N–H and O–H groups in total. The third-order valence-corrected chi connectivity index (χ3v) is 4.07. The third-order valence-electron chi connectivity index (χ3n) is 3.87. The molecule has 0 spiro atoms. The zero-order valence-electron chi connectivity index (χ0n) is 15.5. The lowest BCUT2D eigenvalue weighted by atomic mass is 10.1. The number of nitrogens with one attached hydrogen (secondary N) is 2. The highest BCUT2D eigenvalue weighted by atomic mass is 32.1. The summed E-state index contributed by atoms with van der Waals surface area (Å²) in [6.45, 7) is 6.00. The van der Waals surface area contributed by atoms with Crippen LogP contribution in [0.1, 0.15) is 25.8 Å². The van der Waals surface area contributed by atoms with Crippen LogP contribution in [0.5, 0.6) is 0 Å². The third kappa shape index (κ3) is 5.12. The summed E-state index contributed by atoms with van der Waals surface area (Å²) in [6.07, 6.45) is 0.434. The lowest BCUT2D eigenvalue weighted by Crippen LogP contribution is -2.34. The number of anilines is 1. The molecule has 0 aliphatic carbocycles. The average molecular weight is 385 g/mol. The van der Waals surface area contributed by atoms with Gasteiger partial charge in [-0.25, -0.2) is 4.98 Å². The minimum atomic E-state index is -0.0955. The molecule has 0 bridgehead atoms. The molecule has 0 fully saturated rings. The van der Waals surface area contributed by atoms with Crippen LogP contribution < -0.4 is 10.6 Å². The van der Waals surface area contributed by atoms with Gasteiger partial charge in [0.1, 0.15) is 5.52 Å². The maximum Gasteiger partial charge on any atom is 0.227 e. The molecular formula is C20H23N3O3S. The summed E-state index contributed by atoms with van der Waals surface area (Å²) in [5.74, 6) is 0.772. The van der Waals surface area contributed by atoms with Crippen LogP contribution >= 0.6 is 12.2 Å². The number of nitrogens with zero attached hydrogens (tertiary/aromatic N) is 1. The molecule has 0 saturated carbocycles. The van der Waals surface area contributed by atoms with Gasteiger partial charge >= 0.3 is 0 Å². The minimum absolute atomic E-state index is 0. The van der Waals surface area contributed by atoms with Crippen LogP contribution in [-0.2, 0) is 4.79 Å². The van der Waals surface area contributed by atoms with E-state index in [-0.39, 0.29) is 22.4 Å². The van der Waals surface area contributed by atoms with Gasteiger partial charge in [0.2, 0.25) is 11.8 Å². The maximum atomic E-state index is 11.8. The van der Waals surface area contributed by atoms with Gasteiger partial charge in [-0.15, -0.1) is 0 Å². The summed E-state index contributed by atoms with van der Waals surface area (Å²) in [7, 11) is 0. The molecule has 1 aromatic heterocycles. The van der Waals surface area contributed by atoms with E-state index in [0.29, 0.717) is 17.9 Å². The number of fused-ring (bicyclic) bond motifs is 1. The van der Waals surface area contributed by atoms with E-state index in [0.717, 1.165) is 22.3 Å². The molecule has 6 nitrogen and oxygen atoms in total. The van der Waals surface area contributed by atoms with Crippen molar-refractivity contribution >= 4 is 40.0 Å². The minimum Gasteiger partial charge on any atom is -0.436 e. The topological polar surface area (TPSA) is 98.7 Å². The highest BCUT2D eigenvalue weighted by Gasteiger charge is 2.12. The monoisotopic (exact) mass is 385 g/mol. The van der Waals surface area contributed by atoms with E-state index in [1.165, 1.54) is 0 Å². The molecule has 0 atom stereocenters. The van der Waals surface area contributed by atoms with Crippen molar-refractivity contribution in [3.63, 3.8) is 0 Å². The molecular weight excluding hydrogens is 362 g/mol. The Morgan fingerprint density at radius 1 is 1.22 bits per heavy atom. The van der Waals surface area contributed by atoms with Crippen LogP contribution in [0.15, 0.2) is 46.9 Å². The molecule has 3 rings (SSSR count). The number of rotatable bonds is 4. The number of hydrogen-bond donors (Lipinski definition) is 2. The number of aromatic nitrogens is 1. The lowest BCUT2D eigenvalue weighted by Gasteiger charge is -2.10. The van der Waals surface area contributed by atoms with Crippen molar-refractivity contribution in [3.8, 4) is 11.5 Å². The zero-order chi connectivity index (χ0) is 18.7. The van der Waals surface area contributed by atoms with Crippen molar-refractivity contribution in [2.45, 2.75) is 27.2 Å². The SMILES string of the molecule is Cc1ccccc1-c1nc2cc(NC(=S)NC(=O)CC(C)C)ccc2o1.O. The number of hydrogen-bond acceptors (Lipinski definition) is 4. The van der Waals surface area contributed by atoms with Crippen LogP contribution in [0.3, 0.4) is 0 Å². The second kappa shape index (κ2) is 8.75. The van der Waals surface area contributed by atoms with E-state index in [9.17, 15) is 4.79 Å². The van der Waals surface area contributed by atoms with Crippen molar-refractivity contribution in [1.82, 2.24) is 10.3 Å². The quantitative estimate of drug-likeness (QED) is 0.665. The summed E-state index contributed by atoms with van der Waals surface area (Å²) in [5, 5.41) is 5.98. The number of benzene rings is 2. The Kier molecular flexibility index (Phi) is 6.65. The van der Waals surface area contributed by atoms with E-state index in [1.54, 1.807) is 0 Å². The van der Waals surface area contributed by atoms with Crippen LogP contribution in [0.25, 0.3) is 22.6 Å². The van der Waals surface area contributed by atoms with E-state index in [1.807, 2.05) is 63.2 Å². The van der Waals surface area contributed by atoms with Crippen LogP contribution in [0, 0.1) is 12.8 Å². The molecule has 3 aromatic rings. The largest absolute Gasteiger partial charge is 0.436 e. The first-order valence-corrected chi connectivity index (χ1v) is 8.90. The van der Waals surface area contributed by atoms with Crippen molar-refractivity contribution < 1.29 is 14.7 Å². The van der Waals surface area contributed by atoms with Crippen molar-refractivity contribution in [2.24, 2.45) is 5.92 Å². The average Bonchev–Trinajstić information content (AvgIpc) is 2.97. The summed E-state index contributed by atoms with van der Waals surface area (Å²) >= 11 is 5.20. The van der Waals surface area contributed by atoms with Gasteiger partial charge < -0.3 is 20.5 Å². The number of oxazole rings is 1. The molecule has 2 aromatic carbocycles. The summed E-state index contributed by atoms with van der Waals surface area (Å²) in [4.78, 5) is 16.4. The second-order valence-electron chi connectivity index (χ2n) is 6.62.